The third kappa shape index (κ3) is 7.12. The summed E-state index contributed by atoms with van der Waals surface area (Å²) in [6.45, 7) is 11.0. The molecule has 0 radical (unpaired) electrons. The van der Waals surface area contributed by atoms with Crippen molar-refractivity contribution in [2.45, 2.75) is 65.2 Å². The van der Waals surface area contributed by atoms with Crippen LogP contribution in [0.5, 0.6) is 0 Å². The van der Waals surface area contributed by atoms with Gasteiger partial charge in [0.15, 0.2) is 0 Å². The number of piperidine rings is 1. The number of nitrogens with one attached hydrogen (secondary N) is 1. The van der Waals surface area contributed by atoms with Crippen molar-refractivity contribution < 1.29 is 13.2 Å². The predicted octanol–water partition coefficient (Wildman–Crippen LogP) is 4.87. The van der Waals surface area contributed by atoms with Crippen LogP contribution in [0.1, 0.15) is 59.4 Å². The van der Waals surface area contributed by atoms with Gasteiger partial charge in [-0.05, 0) is 50.7 Å². The zero-order valence-electron chi connectivity index (χ0n) is 17.9. The maximum Gasteiger partial charge on any atom is 0.224 e. The van der Waals surface area contributed by atoms with E-state index >= 15 is 0 Å². The lowest BCUT2D eigenvalue weighted by molar-refractivity contribution is -0.128. The van der Waals surface area contributed by atoms with Crippen LogP contribution in [0.2, 0.25) is 10.0 Å². The molecule has 1 aromatic carbocycles. The molecule has 1 aliphatic heterocycles. The van der Waals surface area contributed by atoms with Crippen LogP contribution in [0.15, 0.2) is 18.2 Å². The first-order valence-electron chi connectivity index (χ1n) is 9.93. The molecule has 5 nitrogen and oxygen atoms in total. The van der Waals surface area contributed by atoms with Crippen LogP contribution in [-0.4, -0.2) is 37.3 Å². The van der Waals surface area contributed by atoms with Crippen LogP contribution in [-0.2, 0) is 20.6 Å². The van der Waals surface area contributed by atoms with Crippen molar-refractivity contribution in [2.75, 3.05) is 13.1 Å². The third-order valence-corrected chi connectivity index (χ3v) is 7.45. The highest BCUT2D eigenvalue weighted by molar-refractivity contribution is 7.88. The van der Waals surface area contributed by atoms with E-state index in [1.807, 2.05) is 13.8 Å². The van der Waals surface area contributed by atoms with Crippen molar-refractivity contribution in [2.24, 2.45) is 11.3 Å². The number of carbonyl (C=O) groups excluding carboxylic acids is 1. The van der Waals surface area contributed by atoms with E-state index < -0.39 is 10.0 Å². The number of carbonyl (C=O) groups is 1. The topological polar surface area (TPSA) is 66.5 Å². The molecule has 8 heteroatoms. The summed E-state index contributed by atoms with van der Waals surface area (Å²) in [6, 6.07) is 4.94. The molecule has 1 amide bonds. The Bertz CT molecular complexity index is 828. The van der Waals surface area contributed by atoms with Gasteiger partial charge in [-0.15, -0.1) is 0 Å². The molecule has 1 saturated heterocycles. The van der Waals surface area contributed by atoms with Crippen molar-refractivity contribution in [3.63, 3.8) is 0 Å². The molecule has 29 heavy (non-hydrogen) atoms. The minimum atomic E-state index is -3.64. The fourth-order valence-corrected chi connectivity index (χ4v) is 6.52. The second-order valence-electron chi connectivity index (χ2n) is 9.76. The zero-order valence-corrected chi connectivity index (χ0v) is 20.2. The molecular weight excluding hydrogens is 431 g/mol. The van der Waals surface area contributed by atoms with Gasteiger partial charge in [0, 0.05) is 34.2 Å². The van der Waals surface area contributed by atoms with Crippen LogP contribution in [0, 0.1) is 11.3 Å². The van der Waals surface area contributed by atoms with Crippen LogP contribution in [0.3, 0.4) is 0 Å². The van der Waals surface area contributed by atoms with Gasteiger partial charge in [-0.1, -0.05) is 50.0 Å². The Kier molecular flexibility index (Phi) is 7.69. The number of hydrogen-bond donors (Lipinski definition) is 1. The number of amides is 1. The van der Waals surface area contributed by atoms with Crippen molar-refractivity contribution in [1.29, 1.82) is 0 Å². The molecule has 0 aromatic heterocycles. The molecule has 1 aromatic rings. The van der Waals surface area contributed by atoms with Crippen LogP contribution >= 0.6 is 23.2 Å². The summed E-state index contributed by atoms with van der Waals surface area (Å²) in [7, 11) is -3.64. The molecule has 0 aliphatic carbocycles. The molecule has 0 spiro atoms. The third-order valence-electron chi connectivity index (χ3n) is 4.97. The van der Waals surface area contributed by atoms with Gasteiger partial charge in [0.1, 0.15) is 0 Å². The highest BCUT2D eigenvalue weighted by Crippen LogP contribution is 2.30. The first-order valence-corrected chi connectivity index (χ1v) is 12.3. The largest absolute Gasteiger partial charge is 0.351 e. The number of nitrogens with zero attached hydrogens (tertiary/aromatic N) is 1. The second kappa shape index (κ2) is 9.13. The van der Waals surface area contributed by atoms with Gasteiger partial charge in [-0.3, -0.25) is 4.79 Å². The van der Waals surface area contributed by atoms with Gasteiger partial charge in [-0.25, -0.2) is 12.7 Å². The van der Waals surface area contributed by atoms with E-state index in [0.29, 0.717) is 35.0 Å². The zero-order chi connectivity index (χ0) is 22.0. The smallest absolute Gasteiger partial charge is 0.224 e. The van der Waals surface area contributed by atoms with E-state index in [9.17, 15) is 13.2 Å². The first kappa shape index (κ1) is 24.4. The number of rotatable bonds is 6. The molecule has 0 saturated carbocycles. The van der Waals surface area contributed by atoms with Gasteiger partial charge in [0.05, 0.1) is 11.7 Å². The molecule has 1 atom stereocenters. The number of halogens is 2. The molecule has 0 bridgehead atoms. The fourth-order valence-electron chi connectivity index (χ4n) is 4.16. The molecule has 1 fully saturated rings. The Labute approximate surface area is 185 Å². The normalized spacial score (nSPS) is 19.2. The summed E-state index contributed by atoms with van der Waals surface area (Å²) >= 11 is 12.3. The van der Waals surface area contributed by atoms with E-state index in [4.69, 9.17) is 23.2 Å². The Morgan fingerprint density at radius 1 is 1.17 bits per heavy atom. The molecule has 1 aliphatic rings. The van der Waals surface area contributed by atoms with E-state index in [-0.39, 0.29) is 35.1 Å². The standard InChI is InChI=1S/C21H32Cl2N2O3S/c1-20(2,3)14-21(4,5)24-19(26)15-8-7-11-25(12-15)29(27,28)13-16-17(22)9-6-10-18(16)23/h6,9-10,15H,7-8,11-14H2,1-5H3,(H,24,26). The van der Waals surface area contributed by atoms with Gasteiger partial charge in [-0.2, -0.15) is 0 Å². The molecule has 2 rings (SSSR count). The van der Waals surface area contributed by atoms with Gasteiger partial charge in [0.2, 0.25) is 15.9 Å². The Morgan fingerprint density at radius 2 is 1.76 bits per heavy atom. The van der Waals surface area contributed by atoms with Crippen LogP contribution < -0.4 is 5.32 Å². The fraction of sp³-hybridized carbons (Fsp3) is 0.667. The van der Waals surface area contributed by atoms with E-state index in [1.165, 1.54) is 4.31 Å². The molecule has 1 heterocycles. The monoisotopic (exact) mass is 462 g/mol. The summed E-state index contributed by atoms with van der Waals surface area (Å²) in [5.41, 5.74) is 0.114. The van der Waals surface area contributed by atoms with E-state index in [2.05, 4.69) is 26.1 Å². The lowest BCUT2D eigenvalue weighted by atomic mass is 9.81. The quantitative estimate of drug-likeness (QED) is 0.655. The maximum absolute atomic E-state index is 13.0. The van der Waals surface area contributed by atoms with Crippen molar-refractivity contribution >= 4 is 39.1 Å². The lowest BCUT2D eigenvalue weighted by Crippen LogP contribution is -2.52. The summed E-state index contributed by atoms with van der Waals surface area (Å²) in [4.78, 5) is 12.9. The minimum Gasteiger partial charge on any atom is -0.351 e. The maximum atomic E-state index is 13.0. The summed E-state index contributed by atoms with van der Waals surface area (Å²) in [5.74, 6) is -0.718. The predicted molar refractivity (Wildman–Crippen MR) is 120 cm³/mol. The second-order valence-corrected chi connectivity index (χ2v) is 12.5. The molecule has 1 N–H and O–H groups in total. The SMILES string of the molecule is CC(C)(C)CC(C)(C)NC(=O)C1CCCN(S(=O)(=O)Cc2c(Cl)cccc2Cl)C1. The van der Waals surface area contributed by atoms with E-state index in [1.54, 1.807) is 18.2 Å². The Morgan fingerprint density at radius 3 is 2.31 bits per heavy atom. The van der Waals surface area contributed by atoms with Gasteiger partial charge >= 0.3 is 0 Å². The van der Waals surface area contributed by atoms with Crippen molar-refractivity contribution in [3.8, 4) is 0 Å². The molecule has 1 unspecified atom stereocenters. The van der Waals surface area contributed by atoms with Gasteiger partial charge in [0.25, 0.3) is 0 Å². The summed E-state index contributed by atoms with van der Waals surface area (Å²) in [6.07, 6.45) is 2.15. The van der Waals surface area contributed by atoms with Crippen molar-refractivity contribution in [1.82, 2.24) is 9.62 Å². The highest BCUT2D eigenvalue weighted by atomic mass is 35.5. The first-order chi connectivity index (χ1) is 13.2. The number of hydrogen-bond acceptors (Lipinski definition) is 3. The minimum absolute atomic E-state index is 0.0763. The van der Waals surface area contributed by atoms with Gasteiger partial charge < -0.3 is 5.32 Å². The molecular formula is C21H32Cl2N2O3S. The number of benzene rings is 1. The number of sulfonamides is 1. The Balaban J connectivity index is 2.08. The van der Waals surface area contributed by atoms with Crippen LogP contribution in [0.25, 0.3) is 0 Å². The average molecular weight is 463 g/mol. The highest BCUT2D eigenvalue weighted by Gasteiger charge is 2.35. The van der Waals surface area contributed by atoms with E-state index in [0.717, 1.165) is 6.42 Å². The van der Waals surface area contributed by atoms with Crippen molar-refractivity contribution in [3.05, 3.63) is 33.8 Å². The lowest BCUT2D eigenvalue weighted by Gasteiger charge is -2.36. The average Bonchev–Trinajstić information content (AvgIpc) is 2.56. The molecule has 164 valence electrons. The Hall–Kier alpha value is -0.820. The summed E-state index contributed by atoms with van der Waals surface area (Å²) in [5, 5.41) is 3.78. The summed E-state index contributed by atoms with van der Waals surface area (Å²) < 4.78 is 27.4. The van der Waals surface area contributed by atoms with Crippen LogP contribution in [0.4, 0.5) is 0 Å².